The molecule has 1 atom stereocenters. The quantitative estimate of drug-likeness (QED) is 0.485. The van der Waals surface area contributed by atoms with Crippen molar-refractivity contribution in [2.45, 2.75) is 41.6 Å². The van der Waals surface area contributed by atoms with Crippen LogP contribution in [0.25, 0.3) is 0 Å². The van der Waals surface area contributed by atoms with Gasteiger partial charge in [-0.25, -0.2) is 15.0 Å². The van der Waals surface area contributed by atoms with Crippen molar-refractivity contribution in [3.8, 4) is 0 Å². The summed E-state index contributed by atoms with van der Waals surface area (Å²) in [5.74, 6) is 1.21. The Balaban J connectivity index is 1.45. The molecule has 1 saturated carbocycles. The van der Waals surface area contributed by atoms with Crippen LogP contribution in [-0.2, 0) is 0 Å². The van der Waals surface area contributed by atoms with Crippen molar-refractivity contribution < 1.29 is 0 Å². The van der Waals surface area contributed by atoms with E-state index in [-0.39, 0.29) is 5.15 Å². The lowest BCUT2D eigenvalue weighted by molar-refractivity contribution is 0.0528. The molecule has 0 amide bonds. The molecule has 144 valence electrons. The first-order valence-corrected chi connectivity index (χ1v) is 10.8. The zero-order valence-corrected chi connectivity index (χ0v) is 17.8. The van der Waals surface area contributed by atoms with E-state index in [1.54, 1.807) is 18.5 Å². The average molecular weight is 443 g/mol. The lowest BCUT2D eigenvalue weighted by Gasteiger charge is -2.53. The molecule has 1 spiro atoms. The van der Waals surface area contributed by atoms with Gasteiger partial charge in [-0.1, -0.05) is 47.8 Å². The molecule has 1 aliphatic heterocycles. The fourth-order valence-electron chi connectivity index (χ4n) is 3.88. The van der Waals surface area contributed by atoms with Crippen molar-refractivity contribution in [3.05, 3.63) is 28.6 Å². The Morgan fingerprint density at radius 3 is 2.67 bits per heavy atom. The Morgan fingerprint density at radius 2 is 2.04 bits per heavy atom. The molecule has 1 saturated heterocycles. The minimum Gasteiger partial charge on any atom is -0.381 e. The number of nitrogens with zero attached hydrogens (tertiary/aromatic N) is 4. The molecule has 1 unspecified atom stereocenters. The summed E-state index contributed by atoms with van der Waals surface area (Å²) in [5, 5.41) is 1.26. The number of rotatable bonds is 4. The summed E-state index contributed by atoms with van der Waals surface area (Å²) in [6, 6.07) is 2.30. The Bertz CT molecular complexity index is 842. The van der Waals surface area contributed by atoms with Gasteiger partial charge in [-0.3, -0.25) is 4.72 Å². The Hall–Kier alpha value is -0.930. The fraction of sp³-hybridized carbons (Fsp3) is 0.471. The number of hydrogen-bond acceptors (Lipinski definition) is 8. The van der Waals surface area contributed by atoms with Crippen LogP contribution < -0.4 is 15.4 Å². The number of halogens is 2. The second-order valence-electron chi connectivity index (χ2n) is 7.00. The van der Waals surface area contributed by atoms with Gasteiger partial charge in [-0.05, 0) is 37.2 Å². The highest BCUT2D eigenvalue weighted by molar-refractivity contribution is 7.99. The number of aromatic nitrogens is 3. The topological polar surface area (TPSA) is 80.0 Å². The van der Waals surface area contributed by atoms with Crippen molar-refractivity contribution in [3.63, 3.8) is 0 Å². The molecule has 3 N–H and O–H groups in total. The number of thiol groups is 1. The first-order valence-electron chi connectivity index (χ1n) is 8.77. The highest BCUT2D eigenvalue weighted by atomic mass is 35.5. The summed E-state index contributed by atoms with van der Waals surface area (Å²) < 4.78 is 3.17. The van der Waals surface area contributed by atoms with Crippen molar-refractivity contribution in [1.29, 1.82) is 0 Å². The first-order chi connectivity index (χ1) is 13.0. The molecule has 6 nitrogen and oxygen atoms in total. The van der Waals surface area contributed by atoms with Gasteiger partial charge in [0.1, 0.15) is 16.0 Å². The molecule has 2 aromatic rings. The maximum absolute atomic E-state index is 6.20. The molecule has 2 aliphatic rings. The van der Waals surface area contributed by atoms with Gasteiger partial charge in [-0.15, -0.1) is 0 Å². The normalized spacial score (nSPS) is 21.3. The van der Waals surface area contributed by atoms with Gasteiger partial charge >= 0.3 is 0 Å². The van der Waals surface area contributed by atoms with Gasteiger partial charge in [0.15, 0.2) is 5.82 Å². The van der Waals surface area contributed by atoms with E-state index in [0.29, 0.717) is 27.3 Å². The average Bonchev–Trinajstić information content (AvgIpc) is 2.66. The zero-order chi connectivity index (χ0) is 19.0. The van der Waals surface area contributed by atoms with E-state index in [1.807, 2.05) is 0 Å². The van der Waals surface area contributed by atoms with Crippen molar-refractivity contribution >= 4 is 59.4 Å². The molecule has 0 bridgehead atoms. The predicted molar refractivity (Wildman–Crippen MR) is 114 cm³/mol. The number of piperidine rings is 1. The maximum Gasteiger partial charge on any atom is 0.158 e. The molecular formula is C17H20Cl2N6S2. The molecular weight excluding hydrogens is 423 g/mol. The summed E-state index contributed by atoms with van der Waals surface area (Å²) in [4.78, 5) is 16.0. The molecule has 2 fully saturated rings. The number of anilines is 2. The van der Waals surface area contributed by atoms with Crippen LogP contribution in [-0.4, -0.2) is 34.1 Å². The van der Waals surface area contributed by atoms with Gasteiger partial charge in [0.2, 0.25) is 0 Å². The molecule has 0 radical (unpaired) electrons. The molecule has 0 aromatic carbocycles. The van der Waals surface area contributed by atoms with E-state index in [9.17, 15) is 0 Å². The lowest BCUT2D eigenvalue weighted by atomic mass is 9.60. The largest absolute Gasteiger partial charge is 0.381 e. The van der Waals surface area contributed by atoms with E-state index in [1.165, 1.54) is 24.6 Å². The number of nitrogens with one attached hydrogen (secondary N) is 1. The third-order valence-electron chi connectivity index (χ3n) is 5.68. The van der Waals surface area contributed by atoms with Crippen LogP contribution in [0.1, 0.15) is 25.7 Å². The van der Waals surface area contributed by atoms with Gasteiger partial charge in [0.25, 0.3) is 0 Å². The van der Waals surface area contributed by atoms with Gasteiger partial charge < -0.3 is 10.6 Å². The summed E-state index contributed by atoms with van der Waals surface area (Å²) in [6.45, 7) is 1.91. The van der Waals surface area contributed by atoms with Crippen molar-refractivity contribution in [1.82, 2.24) is 19.7 Å². The number of nitrogen functional groups attached to an aromatic ring is 1. The predicted octanol–water partition coefficient (Wildman–Crippen LogP) is 4.10. The van der Waals surface area contributed by atoms with Gasteiger partial charge in [0, 0.05) is 30.2 Å². The molecule has 27 heavy (non-hydrogen) atoms. The Kier molecular flexibility index (Phi) is 5.62. The minimum absolute atomic E-state index is 0.261. The van der Waals surface area contributed by atoms with Gasteiger partial charge in [0.05, 0.1) is 11.2 Å². The molecule has 4 rings (SSSR count). The summed E-state index contributed by atoms with van der Waals surface area (Å²) >= 11 is 17.8. The highest BCUT2D eigenvalue weighted by Crippen LogP contribution is 2.49. The van der Waals surface area contributed by atoms with E-state index < -0.39 is 0 Å². The summed E-state index contributed by atoms with van der Waals surface area (Å²) in [7, 11) is 0. The van der Waals surface area contributed by atoms with Crippen LogP contribution in [0.5, 0.6) is 0 Å². The molecule has 2 aromatic heterocycles. The van der Waals surface area contributed by atoms with E-state index in [4.69, 9.17) is 28.9 Å². The van der Waals surface area contributed by atoms with Crippen molar-refractivity contribution in [2.75, 3.05) is 23.7 Å². The maximum atomic E-state index is 6.20. The van der Waals surface area contributed by atoms with Crippen LogP contribution in [0.15, 0.2) is 28.4 Å². The third kappa shape index (κ3) is 3.70. The van der Waals surface area contributed by atoms with E-state index in [2.05, 4.69) is 37.4 Å². The minimum atomic E-state index is 0.261. The standard InChI is InChI=1S/C17H20Cl2N6S2/c18-13-10(2-6-21-14(13)19)27-16-15(20)23-12(9-22-16)25-7-4-17(5-8-25)3-1-11(17)24-26/h2,6,9,11,24,26H,1,3-5,7-8H2,(H2,20,23). The zero-order valence-electron chi connectivity index (χ0n) is 14.5. The second-order valence-corrected chi connectivity index (χ2v) is 9.03. The van der Waals surface area contributed by atoms with Crippen molar-refractivity contribution in [2.24, 2.45) is 5.41 Å². The van der Waals surface area contributed by atoms with Crippen LogP contribution in [0.3, 0.4) is 0 Å². The van der Waals surface area contributed by atoms with E-state index in [0.717, 1.165) is 36.6 Å². The third-order valence-corrected chi connectivity index (χ3v) is 7.94. The molecule has 1 aliphatic carbocycles. The number of nitrogens with two attached hydrogens (primary N) is 1. The molecule has 3 heterocycles. The SMILES string of the molecule is Nc1nc(N2CCC3(CCC3NS)CC2)cnc1Sc1ccnc(Cl)c1Cl. The second kappa shape index (κ2) is 7.83. The lowest BCUT2D eigenvalue weighted by Crippen LogP contribution is -2.56. The fourth-order valence-corrected chi connectivity index (χ4v) is 5.50. The first kappa shape index (κ1) is 19.4. The Morgan fingerprint density at radius 1 is 1.26 bits per heavy atom. The van der Waals surface area contributed by atoms with Gasteiger partial charge in [-0.2, -0.15) is 0 Å². The smallest absolute Gasteiger partial charge is 0.158 e. The monoisotopic (exact) mass is 442 g/mol. The summed E-state index contributed by atoms with van der Waals surface area (Å²) in [6.07, 6.45) is 8.14. The van der Waals surface area contributed by atoms with E-state index >= 15 is 0 Å². The summed E-state index contributed by atoms with van der Waals surface area (Å²) in [5.41, 5.74) is 6.56. The van der Waals surface area contributed by atoms with Crippen LogP contribution in [0.4, 0.5) is 11.6 Å². The number of hydrogen-bond donors (Lipinski definition) is 3. The Labute approximate surface area is 178 Å². The number of pyridine rings is 1. The van der Waals surface area contributed by atoms with Crippen LogP contribution in [0.2, 0.25) is 10.2 Å². The van der Waals surface area contributed by atoms with Crippen LogP contribution >= 0.6 is 47.8 Å². The van der Waals surface area contributed by atoms with Crippen LogP contribution in [0, 0.1) is 5.41 Å². The molecule has 10 heteroatoms. The highest BCUT2D eigenvalue weighted by Gasteiger charge is 2.47.